The second-order valence-corrected chi connectivity index (χ2v) is 9.30. The van der Waals surface area contributed by atoms with E-state index in [1.807, 2.05) is 0 Å². The minimum Gasteiger partial charge on any atom is -0.431 e. The van der Waals surface area contributed by atoms with E-state index in [-0.39, 0.29) is 16.7 Å². The van der Waals surface area contributed by atoms with Crippen molar-refractivity contribution in [3.63, 3.8) is 0 Å². The zero-order valence-electron chi connectivity index (χ0n) is 19.7. The molecule has 3 atom stereocenters. The van der Waals surface area contributed by atoms with Gasteiger partial charge >= 0.3 is 12.1 Å². The Labute approximate surface area is 219 Å². The van der Waals surface area contributed by atoms with Gasteiger partial charge in [0.05, 0.1) is 17.1 Å². The van der Waals surface area contributed by atoms with E-state index in [0.29, 0.717) is 11.3 Å². The van der Waals surface area contributed by atoms with Crippen LogP contribution >= 0.6 is 34.4 Å². The van der Waals surface area contributed by atoms with Crippen molar-refractivity contribution in [1.29, 1.82) is 0 Å². The first-order valence-electron chi connectivity index (χ1n) is 10.3. The molecule has 0 aromatic rings. The quantitative estimate of drug-likeness (QED) is 0.0504. The molecule has 0 saturated carbocycles. The molecule has 1 saturated heterocycles. The molecule has 2 aliphatic rings. The molecule has 2 aliphatic heterocycles. The number of β-lactam (4-membered cyclic amide) rings is 1. The van der Waals surface area contributed by atoms with Gasteiger partial charge in [-0.25, -0.2) is 9.59 Å². The van der Waals surface area contributed by atoms with Gasteiger partial charge in [-0.05, 0) is 19.4 Å². The number of methoxy groups -OCH3 is 1. The number of amides is 2. The smallest absolute Gasteiger partial charge is 0.431 e. The Morgan fingerprint density at radius 3 is 2.43 bits per heavy atom. The van der Waals surface area contributed by atoms with Crippen LogP contribution in [0.4, 0.5) is 4.79 Å². The number of hydrogen-bond acceptors (Lipinski definition) is 12. The van der Waals surface area contributed by atoms with Crippen LogP contribution in [0, 0.1) is 0 Å². The lowest BCUT2D eigenvalue weighted by atomic mass is 10.0. The van der Waals surface area contributed by atoms with E-state index in [4.69, 9.17) is 18.9 Å². The van der Waals surface area contributed by atoms with Crippen LogP contribution in [-0.2, 0) is 43.0 Å². The molecule has 15 heteroatoms. The van der Waals surface area contributed by atoms with Gasteiger partial charge in [0, 0.05) is 19.8 Å². The van der Waals surface area contributed by atoms with E-state index in [2.05, 4.69) is 15.3 Å². The number of nitrogens with one attached hydrogen (secondary N) is 1. The van der Waals surface area contributed by atoms with Gasteiger partial charge < -0.3 is 29.1 Å². The number of carbonyl (C=O) groups is 5. The molecule has 0 aromatic heterocycles. The number of ether oxygens (including phenoxy) is 4. The summed E-state index contributed by atoms with van der Waals surface area (Å²) in [5, 5.41) is 5.29. The average Bonchev–Trinajstić information content (AvgIpc) is 2.79. The molecular formula is C20H26IN3O10S. The molecule has 0 bridgehead atoms. The first-order valence-corrected chi connectivity index (χ1v) is 12.9. The van der Waals surface area contributed by atoms with Crippen LogP contribution in [0.25, 0.3) is 0 Å². The fraction of sp³-hybridized carbons (Fsp3) is 0.600. The van der Waals surface area contributed by atoms with Gasteiger partial charge in [0.25, 0.3) is 11.8 Å². The molecule has 0 aromatic carbocycles. The second-order valence-electron chi connectivity index (χ2n) is 7.43. The lowest BCUT2D eigenvalue weighted by molar-refractivity contribution is -0.169. The topological polar surface area (TPSA) is 159 Å². The summed E-state index contributed by atoms with van der Waals surface area (Å²) < 4.78 is 20.1. The lowest BCUT2D eigenvalue weighted by Crippen LogP contribution is -2.71. The van der Waals surface area contributed by atoms with Crippen molar-refractivity contribution in [2.75, 3.05) is 31.0 Å². The van der Waals surface area contributed by atoms with Crippen molar-refractivity contribution in [3.8, 4) is 0 Å². The van der Waals surface area contributed by atoms with E-state index in [1.54, 1.807) is 36.4 Å². The van der Waals surface area contributed by atoms with Crippen LogP contribution in [-0.4, -0.2) is 95.2 Å². The Morgan fingerprint density at radius 1 is 1.17 bits per heavy atom. The van der Waals surface area contributed by atoms with Gasteiger partial charge in [-0.3, -0.25) is 19.3 Å². The summed E-state index contributed by atoms with van der Waals surface area (Å²) >= 11 is 3.07. The Balaban J connectivity index is 2.17. The van der Waals surface area contributed by atoms with Gasteiger partial charge in [0.2, 0.25) is 12.0 Å². The number of hydrogen-bond donors (Lipinski definition) is 1. The lowest BCUT2D eigenvalue weighted by Gasteiger charge is -2.49. The van der Waals surface area contributed by atoms with Crippen molar-refractivity contribution in [2.45, 2.75) is 44.6 Å². The number of alkyl halides is 1. The summed E-state index contributed by atoms with van der Waals surface area (Å²) in [7, 11) is 2.62. The van der Waals surface area contributed by atoms with E-state index >= 15 is 0 Å². The van der Waals surface area contributed by atoms with Crippen LogP contribution in [0.3, 0.4) is 0 Å². The number of nitrogens with zero attached hydrogens (tertiary/aromatic N) is 2. The SMILES string of the molecule is COCC1=C(C(=O)OC(C)OC(=O)OC(C)C)N2C(=O)C(NC(=O)/C(=N\OC)C(=O)CI)C2SC1. The summed E-state index contributed by atoms with van der Waals surface area (Å²) in [5.41, 5.74) is -0.0491. The highest BCUT2D eigenvalue weighted by atomic mass is 127. The third-order valence-corrected chi connectivity index (χ3v) is 6.53. The summed E-state index contributed by atoms with van der Waals surface area (Å²) in [6, 6.07) is -1.02. The number of esters is 1. The van der Waals surface area contributed by atoms with Crippen LogP contribution in [0.1, 0.15) is 20.8 Å². The minimum absolute atomic E-state index is 0.0135. The van der Waals surface area contributed by atoms with Crippen molar-refractivity contribution < 1.29 is 47.8 Å². The van der Waals surface area contributed by atoms with E-state index in [0.717, 1.165) is 0 Å². The predicted octanol–water partition coefficient (Wildman–Crippen LogP) is 0.744. The molecule has 2 heterocycles. The van der Waals surface area contributed by atoms with Crippen molar-refractivity contribution in [2.24, 2.45) is 5.16 Å². The number of rotatable bonds is 11. The fourth-order valence-corrected chi connectivity index (χ4v) is 4.82. The van der Waals surface area contributed by atoms with Gasteiger partial charge in [-0.15, -0.1) is 11.8 Å². The maximum Gasteiger partial charge on any atom is 0.511 e. The minimum atomic E-state index is -1.29. The summed E-state index contributed by atoms with van der Waals surface area (Å²) in [6.07, 6.45) is -2.73. The molecule has 2 amide bonds. The van der Waals surface area contributed by atoms with Crippen LogP contribution in [0.15, 0.2) is 16.4 Å². The number of oxime groups is 1. The summed E-state index contributed by atoms with van der Waals surface area (Å²) in [5.74, 6) is -2.64. The van der Waals surface area contributed by atoms with Crippen LogP contribution in [0.2, 0.25) is 0 Å². The molecule has 1 N–H and O–H groups in total. The van der Waals surface area contributed by atoms with E-state index < -0.39 is 59.2 Å². The maximum absolute atomic E-state index is 13.0. The highest BCUT2D eigenvalue weighted by molar-refractivity contribution is 14.1. The maximum atomic E-state index is 13.0. The molecule has 2 rings (SSSR count). The summed E-state index contributed by atoms with van der Waals surface area (Å²) in [4.78, 5) is 67.8. The Hall–Kier alpha value is -2.40. The Morgan fingerprint density at radius 2 is 1.86 bits per heavy atom. The number of Topliss-reactive ketones (excluding diaryl/α,β-unsaturated/α-hetero) is 1. The Kier molecular flexibility index (Phi) is 10.8. The molecule has 0 aliphatic carbocycles. The summed E-state index contributed by atoms with van der Waals surface area (Å²) in [6.45, 7) is 4.63. The van der Waals surface area contributed by atoms with Crippen LogP contribution in [0.5, 0.6) is 0 Å². The highest BCUT2D eigenvalue weighted by Gasteiger charge is 2.55. The molecule has 194 valence electrons. The number of carbonyl (C=O) groups excluding carboxylic acids is 5. The zero-order valence-corrected chi connectivity index (χ0v) is 22.7. The average molecular weight is 627 g/mol. The Bertz CT molecular complexity index is 938. The van der Waals surface area contributed by atoms with Gasteiger partial charge in [0.1, 0.15) is 24.2 Å². The first-order chi connectivity index (χ1) is 16.5. The number of thioether (sulfide) groups is 1. The number of halogens is 1. The predicted molar refractivity (Wildman–Crippen MR) is 131 cm³/mol. The van der Waals surface area contributed by atoms with Gasteiger partial charge in [-0.1, -0.05) is 27.7 Å². The van der Waals surface area contributed by atoms with Crippen molar-refractivity contribution in [1.82, 2.24) is 10.2 Å². The zero-order chi connectivity index (χ0) is 26.3. The first kappa shape index (κ1) is 28.8. The van der Waals surface area contributed by atoms with Gasteiger partial charge in [-0.2, -0.15) is 0 Å². The molecule has 35 heavy (non-hydrogen) atoms. The van der Waals surface area contributed by atoms with Gasteiger partial charge in [0.15, 0.2) is 5.78 Å². The standard InChI is InChI=1S/C20H26IN3O10S/c1-9(2)32-20(29)34-10(3)33-19(28)15-11(7-30-4)8-35-18-14(17(27)24(15)18)22-16(26)13(23-31-5)12(25)6-21/h9-10,14,18H,6-8H2,1-5H3,(H,22,26)/b23-13-. The highest BCUT2D eigenvalue weighted by Crippen LogP contribution is 2.40. The largest absolute Gasteiger partial charge is 0.511 e. The molecule has 0 radical (unpaired) electrons. The van der Waals surface area contributed by atoms with Crippen molar-refractivity contribution >= 4 is 69.8 Å². The normalized spacial score (nSPS) is 20.5. The molecular weight excluding hydrogens is 601 g/mol. The molecule has 1 fully saturated rings. The number of ketones is 1. The monoisotopic (exact) mass is 627 g/mol. The van der Waals surface area contributed by atoms with Crippen LogP contribution < -0.4 is 5.32 Å². The second kappa shape index (κ2) is 13.1. The third kappa shape index (κ3) is 7.07. The van der Waals surface area contributed by atoms with E-state index in [9.17, 15) is 24.0 Å². The molecule has 3 unspecified atom stereocenters. The third-order valence-electron chi connectivity index (χ3n) is 4.50. The number of fused-ring (bicyclic) bond motifs is 1. The molecule has 0 spiro atoms. The molecule has 13 nitrogen and oxygen atoms in total. The van der Waals surface area contributed by atoms with Crippen molar-refractivity contribution in [3.05, 3.63) is 11.3 Å². The fourth-order valence-electron chi connectivity index (χ4n) is 3.13. The van der Waals surface area contributed by atoms with E-state index in [1.165, 1.54) is 37.8 Å².